The quantitative estimate of drug-likeness (QED) is 0.492. The van der Waals surface area contributed by atoms with E-state index in [4.69, 9.17) is 11.0 Å². The first kappa shape index (κ1) is 13.2. The zero-order chi connectivity index (χ0) is 12.7. The van der Waals surface area contributed by atoms with Gasteiger partial charge in [0.2, 0.25) is 0 Å². The van der Waals surface area contributed by atoms with Crippen LogP contribution in [0.5, 0.6) is 0 Å². The van der Waals surface area contributed by atoms with Crippen molar-refractivity contribution in [1.82, 2.24) is 0 Å². The van der Waals surface area contributed by atoms with Gasteiger partial charge >= 0.3 is 0 Å². The summed E-state index contributed by atoms with van der Waals surface area (Å²) < 4.78 is 0. The van der Waals surface area contributed by atoms with Crippen molar-refractivity contribution in [3.63, 3.8) is 0 Å². The molecule has 0 heterocycles. The number of carbonyl (C=O) groups is 1. The van der Waals surface area contributed by atoms with Crippen molar-refractivity contribution in [2.24, 2.45) is 0 Å². The smallest absolute Gasteiger partial charge is 0.185 e. The Bertz CT molecular complexity index is 520. The summed E-state index contributed by atoms with van der Waals surface area (Å²) in [5, 5.41) is 8.81. The third-order valence-electron chi connectivity index (χ3n) is 1.94. The maximum absolute atomic E-state index is 10.7. The number of hydrogen-bond donors (Lipinski definition) is 1. The molecule has 86 valence electrons. The van der Waals surface area contributed by atoms with Gasteiger partial charge in [0, 0.05) is 24.7 Å². The second-order valence-electron chi connectivity index (χ2n) is 3.31. The molecule has 1 aromatic carbocycles. The molecule has 0 atom stereocenters. The molecule has 0 radical (unpaired) electrons. The Morgan fingerprint density at radius 1 is 1.53 bits per heavy atom. The van der Waals surface area contributed by atoms with Gasteiger partial charge in [-0.3, -0.25) is 4.79 Å². The number of anilines is 1. The lowest BCUT2D eigenvalue weighted by molar-refractivity contribution is -0.109. The molecule has 17 heavy (non-hydrogen) atoms. The van der Waals surface area contributed by atoms with E-state index in [1.807, 2.05) is 6.07 Å². The Morgan fingerprint density at radius 2 is 2.29 bits per heavy atom. The second-order valence-corrected chi connectivity index (χ2v) is 4.58. The summed E-state index contributed by atoms with van der Waals surface area (Å²) in [5.74, 6) is 6.61. The topological polar surface area (TPSA) is 66.9 Å². The number of hydrogen-bond acceptors (Lipinski definition) is 4. The highest BCUT2D eigenvalue weighted by molar-refractivity contribution is 8.13. The van der Waals surface area contributed by atoms with E-state index in [0.29, 0.717) is 23.4 Å². The van der Waals surface area contributed by atoms with Crippen LogP contribution in [-0.4, -0.2) is 10.9 Å². The number of carbonyl (C=O) groups excluding carboxylic acids is 1. The van der Waals surface area contributed by atoms with Crippen LogP contribution in [0, 0.1) is 23.2 Å². The van der Waals surface area contributed by atoms with Crippen LogP contribution < -0.4 is 5.73 Å². The fraction of sp³-hybridized carbons (Fsp3) is 0.231. The number of nitrogens with zero attached hydrogens (tertiary/aromatic N) is 1. The van der Waals surface area contributed by atoms with E-state index in [9.17, 15) is 4.79 Å². The molecular formula is C13H12N2OS. The van der Waals surface area contributed by atoms with Crippen molar-refractivity contribution in [1.29, 1.82) is 5.26 Å². The Hall–Kier alpha value is -1.91. The van der Waals surface area contributed by atoms with Crippen molar-refractivity contribution >= 4 is 22.6 Å². The van der Waals surface area contributed by atoms with Crippen LogP contribution in [0.15, 0.2) is 18.2 Å². The van der Waals surface area contributed by atoms with Crippen LogP contribution in [0.3, 0.4) is 0 Å². The minimum atomic E-state index is 0.106. The molecule has 0 aliphatic rings. The summed E-state index contributed by atoms with van der Waals surface area (Å²) in [6.07, 6.45) is 0.657. The number of nitriles is 1. The molecule has 4 heteroatoms. The average molecular weight is 244 g/mol. The number of thioether (sulfide) groups is 1. The summed E-state index contributed by atoms with van der Waals surface area (Å²) >= 11 is 1.27. The molecule has 0 spiro atoms. The van der Waals surface area contributed by atoms with Gasteiger partial charge in [0.25, 0.3) is 0 Å². The predicted octanol–water partition coefficient (Wildman–Crippen LogP) is 2.16. The molecule has 0 aliphatic heterocycles. The van der Waals surface area contributed by atoms with Gasteiger partial charge in [0.1, 0.15) is 6.07 Å². The van der Waals surface area contributed by atoms with Gasteiger partial charge in [-0.1, -0.05) is 23.6 Å². The number of nitrogens with two attached hydrogens (primary N) is 1. The van der Waals surface area contributed by atoms with Crippen LogP contribution in [0.4, 0.5) is 5.69 Å². The van der Waals surface area contributed by atoms with E-state index in [1.54, 1.807) is 25.1 Å². The first-order valence-electron chi connectivity index (χ1n) is 5.05. The van der Waals surface area contributed by atoms with Gasteiger partial charge in [0.15, 0.2) is 5.12 Å². The van der Waals surface area contributed by atoms with Crippen LogP contribution in [0.2, 0.25) is 0 Å². The van der Waals surface area contributed by atoms with Gasteiger partial charge < -0.3 is 5.73 Å². The number of nitrogen functional groups attached to an aromatic ring is 1. The van der Waals surface area contributed by atoms with E-state index in [-0.39, 0.29) is 5.12 Å². The minimum absolute atomic E-state index is 0.106. The van der Waals surface area contributed by atoms with Gasteiger partial charge in [0.05, 0.1) is 11.3 Å². The normalized spacial score (nSPS) is 8.94. The molecule has 0 unspecified atom stereocenters. The van der Waals surface area contributed by atoms with E-state index in [2.05, 4.69) is 11.8 Å². The van der Waals surface area contributed by atoms with Crippen molar-refractivity contribution in [2.75, 3.05) is 11.5 Å². The molecule has 1 rings (SSSR count). The van der Waals surface area contributed by atoms with E-state index in [1.165, 1.54) is 11.8 Å². The monoisotopic (exact) mass is 244 g/mol. The molecule has 0 fully saturated rings. The summed E-state index contributed by atoms with van der Waals surface area (Å²) in [6.45, 7) is 1.54. The standard InChI is InChI=1S/C13H12N2OS/c1-10(16)17-7-3-2-4-11-5-6-12(9-14)13(15)8-11/h5-6,8H,3,7,15H2,1H3. The third kappa shape index (κ3) is 4.63. The van der Waals surface area contributed by atoms with Crippen LogP contribution in [0.1, 0.15) is 24.5 Å². The molecule has 0 amide bonds. The van der Waals surface area contributed by atoms with Crippen molar-refractivity contribution in [3.8, 4) is 17.9 Å². The molecule has 0 aliphatic carbocycles. The zero-order valence-electron chi connectivity index (χ0n) is 9.49. The predicted molar refractivity (Wildman–Crippen MR) is 70.2 cm³/mol. The lowest BCUT2D eigenvalue weighted by Gasteiger charge is -1.96. The number of rotatable bonds is 2. The zero-order valence-corrected chi connectivity index (χ0v) is 10.3. The van der Waals surface area contributed by atoms with Crippen molar-refractivity contribution < 1.29 is 4.79 Å². The highest BCUT2D eigenvalue weighted by Crippen LogP contribution is 2.12. The Labute approximate surface area is 105 Å². The van der Waals surface area contributed by atoms with E-state index < -0.39 is 0 Å². The third-order valence-corrected chi connectivity index (χ3v) is 2.75. The molecular weight excluding hydrogens is 232 g/mol. The highest BCUT2D eigenvalue weighted by Gasteiger charge is 1.97. The largest absolute Gasteiger partial charge is 0.398 e. The molecule has 0 aromatic heterocycles. The lowest BCUT2D eigenvalue weighted by Crippen LogP contribution is -1.90. The fourth-order valence-electron chi connectivity index (χ4n) is 1.15. The Kier molecular flexibility index (Phi) is 5.13. The maximum Gasteiger partial charge on any atom is 0.185 e. The molecule has 2 N–H and O–H groups in total. The van der Waals surface area contributed by atoms with Gasteiger partial charge in [-0.2, -0.15) is 5.26 Å². The van der Waals surface area contributed by atoms with Gasteiger partial charge in [-0.15, -0.1) is 0 Å². The Morgan fingerprint density at radius 3 is 2.88 bits per heavy atom. The molecule has 1 aromatic rings. The SMILES string of the molecule is CC(=O)SCCC#Cc1ccc(C#N)c(N)c1. The van der Waals surface area contributed by atoms with E-state index in [0.717, 1.165) is 5.56 Å². The fourth-order valence-corrected chi connectivity index (χ4v) is 1.64. The number of benzene rings is 1. The first-order valence-corrected chi connectivity index (χ1v) is 6.04. The molecule has 0 saturated carbocycles. The molecule has 3 nitrogen and oxygen atoms in total. The lowest BCUT2D eigenvalue weighted by atomic mass is 10.1. The maximum atomic E-state index is 10.7. The molecule has 0 bridgehead atoms. The van der Waals surface area contributed by atoms with Gasteiger partial charge in [-0.25, -0.2) is 0 Å². The Balaban J connectivity index is 2.58. The van der Waals surface area contributed by atoms with Crippen molar-refractivity contribution in [2.45, 2.75) is 13.3 Å². The van der Waals surface area contributed by atoms with Crippen LogP contribution in [-0.2, 0) is 4.79 Å². The van der Waals surface area contributed by atoms with Crippen molar-refractivity contribution in [3.05, 3.63) is 29.3 Å². The second kappa shape index (κ2) is 6.62. The first-order chi connectivity index (χ1) is 8.13. The minimum Gasteiger partial charge on any atom is -0.398 e. The summed E-state index contributed by atoms with van der Waals surface area (Å²) in [5.41, 5.74) is 7.35. The average Bonchev–Trinajstić information content (AvgIpc) is 2.28. The highest BCUT2D eigenvalue weighted by atomic mass is 32.2. The summed E-state index contributed by atoms with van der Waals surface area (Å²) in [7, 11) is 0. The van der Waals surface area contributed by atoms with Crippen LogP contribution in [0.25, 0.3) is 0 Å². The molecule has 0 saturated heterocycles. The summed E-state index contributed by atoms with van der Waals surface area (Å²) in [6, 6.07) is 7.10. The van der Waals surface area contributed by atoms with Gasteiger partial charge in [-0.05, 0) is 18.2 Å². The van der Waals surface area contributed by atoms with Crippen LogP contribution >= 0.6 is 11.8 Å². The van der Waals surface area contributed by atoms with E-state index >= 15 is 0 Å². The summed E-state index contributed by atoms with van der Waals surface area (Å²) in [4.78, 5) is 10.7.